The quantitative estimate of drug-likeness (QED) is 0.852. The number of H-pyrrole nitrogens is 1. The molecule has 4 nitrogen and oxygen atoms in total. The zero-order valence-corrected chi connectivity index (χ0v) is 12.5. The van der Waals surface area contributed by atoms with Gasteiger partial charge in [0.15, 0.2) is 0 Å². The maximum Gasteiger partial charge on any atom is 0.254 e. The van der Waals surface area contributed by atoms with Crippen molar-refractivity contribution in [2.24, 2.45) is 0 Å². The number of carbonyl (C=O) groups excluding carboxylic acids is 1. The van der Waals surface area contributed by atoms with Crippen LogP contribution in [-0.2, 0) is 6.42 Å². The van der Waals surface area contributed by atoms with E-state index in [0.29, 0.717) is 16.7 Å². The van der Waals surface area contributed by atoms with Gasteiger partial charge in [0.2, 0.25) is 0 Å². The van der Waals surface area contributed by atoms with Crippen LogP contribution in [0.25, 0.3) is 0 Å². The fourth-order valence-corrected chi connectivity index (χ4v) is 2.79. The smallest absolute Gasteiger partial charge is 0.254 e. The molecule has 2 aromatic heterocycles. The zero-order valence-electron chi connectivity index (χ0n) is 10.8. The van der Waals surface area contributed by atoms with Crippen molar-refractivity contribution in [3.05, 3.63) is 44.1 Å². The van der Waals surface area contributed by atoms with Gasteiger partial charge in [-0.2, -0.15) is 0 Å². The lowest BCUT2D eigenvalue weighted by molar-refractivity contribution is 0.0953. The van der Waals surface area contributed by atoms with Gasteiger partial charge >= 0.3 is 0 Å². The van der Waals surface area contributed by atoms with E-state index in [2.05, 4.69) is 22.2 Å². The number of hydrogen-bond acceptors (Lipinski definition) is 4. The molecule has 0 aliphatic carbocycles. The van der Waals surface area contributed by atoms with Crippen molar-refractivity contribution in [2.45, 2.75) is 20.3 Å². The predicted octanol–water partition coefficient (Wildman–Crippen LogP) is 2.79. The van der Waals surface area contributed by atoms with E-state index in [0.717, 1.165) is 17.1 Å². The lowest BCUT2D eigenvalue weighted by atomic mass is 10.2. The van der Waals surface area contributed by atoms with Crippen LogP contribution in [0.5, 0.6) is 0 Å². The second-order valence-corrected chi connectivity index (χ2v) is 5.86. The molecular weight excluding hydrogens is 278 g/mol. The highest BCUT2D eigenvalue weighted by molar-refractivity contribution is 7.71. The number of amides is 1. The van der Waals surface area contributed by atoms with Gasteiger partial charge in [0, 0.05) is 24.0 Å². The molecule has 2 aromatic rings. The van der Waals surface area contributed by atoms with E-state index in [9.17, 15) is 4.79 Å². The van der Waals surface area contributed by atoms with E-state index in [1.54, 1.807) is 29.7 Å². The Labute approximate surface area is 120 Å². The van der Waals surface area contributed by atoms with Crippen LogP contribution in [0.4, 0.5) is 0 Å². The maximum atomic E-state index is 11.9. The lowest BCUT2D eigenvalue weighted by Crippen LogP contribution is -2.26. The third kappa shape index (κ3) is 3.48. The fraction of sp³-hybridized carbons (Fsp3) is 0.308. The van der Waals surface area contributed by atoms with Crippen molar-refractivity contribution in [3.63, 3.8) is 0 Å². The maximum absolute atomic E-state index is 11.9. The summed E-state index contributed by atoms with van der Waals surface area (Å²) in [5, 5.41) is 3.91. The molecule has 0 aliphatic rings. The summed E-state index contributed by atoms with van der Waals surface area (Å²) in [6.45, 7) is 4.62. The Hall–Kier alpha value is -1.53. The molecule has 1 amide bonds. The third-order valence-electron chi connectivity index (χ3n) is 2.76. The Bertz CT molecular complexity index is 626. The Morgan fingerprint density at radius 2 is 2.32 bits per heavy atom. The van der Waals surface area contributed by atoms with Crippen LogP contribution < -0.4 is 5.32 Å². The summed E-state index contributed by atoms with van der Waals surface area (Å²) < 4.78 is 0.459. The zero-order chi connectivity index (χ0) is 13.8. The van der Waals surface area contributed by atoms with Gasteiger partial charge in [0.1, 0.15) is 4.64 Å². The van der Waals surface area contributed by atoms with Gasteiger partial charge in [-0.1, -0.05) is 12.2 Å². The Morgan fingerprint density at radius 3 is 2.95 bits per heavy atom. The molecule has 6 heteroatoms. The van der Waals surface area contributed by atoms with E-state index in [-0.39, 0.29) is 5.91 Å². The lowest BCUT2D eigenvalue weighted by Gasteiger charge is -2.03. The van der Waals surface area contributed by atoms with Crippen LogP contribution >= 0.6 is 23.6 Å². The number of aromatic amines is 1. The first-order valence-electron chi connectivity index (χ1n) is 5.96. The average molecular weight is 293 g/mol. The van der Waals surface area contributed by atoms with Gasteiger partial charge in [-0.25, -0.2) is 4.98 Å². The summed E-state index contributed by atoms with van der Waals surface area (Å²) in [7, 11) is 0. The minimum absolute atomic E-state index is 0.146. The largest absolute Gasteiger partial charge is 0.352 e. The second kappa shape index (κ2) is 6.08. The molecule has 0 radical (unpaired) electrons. The fourth-order valence-electron chi connectivity index (χ4n) is 1.62. The van der Waals surface area contributed by atoms with Gasteiger partial charge < -0.3 is 10.3 Å². The summed E-state index contributed by atoms with van der Waals surface area (Å²) in [5.74, 6) is -0.146. The van der Waals surface area contributed by atoms with Crippen LogP contribution in [-0.4, -0.2) is 22.4 Å². The molecule has 0 fully saturated rings. The Morgan fingerprint density at radius 1 is 1.53 bits per heavy atom. The molecule has 2 N–H and O–H groups in total. The molecular formula is C13H15N3OS2. The Kier molecular flexibility index (Phi) is 4.44. The van der Waals surface area contributed by atoms with Crippen LogP contribution in [0.2, 0.25) is 0 Å². The normalized spacial score (nSPS) is 10.4. The number of nitrogens with zero attached hydrogens (tertiary/aromatic N) is 1. The number of hydrogen-bond donors (Lipinski definition) is 2. The van der Waals surface area contributed by atoms with Crippen molar-refractivity contribution in [1.29, 1.82) is 0 Å². The predicted molar refractivity (Wildman–Crippen MR) is 79.3 cm³/mol. The molecule has 100 valence electrons. The van der Waals surface area contributed by atoms with Crippen LogP contribution in [0, 0.1) is 18.5 Å². The highest BCUT2D eigenvalue weighted by atomic mass is 32.1. The number of rotatable bonds is 4. The van der Waals surface area contributed by atoms with E-state index in [1.807, 2.05) is 6.92 Å². The molecule has 0 spiro atoms. The number of carbonyl (C=O) groups is 1. The molecule has 0 saturated carbocycles. The van der Waals surface area contributed by atoms with Gasteiger partial charge in [0.25, 0.3) is 5.91 Å². The number of pyridine rings is 1. The average Bonchev–Trinajstić information content (AvgIpc) is 2.69. The van der Waals surface area contributed by atoms with Crippen molar-refractivity contribution in [3.8, 4) is 0 Å². The molecule has 0 saturated heterocycles. The minimum Gasteiger partial charge on any atom is -0.352 e. The molecule has 19 heavy (non-hydrogen) atoms. The first-order chi connectivity index (χ1) is 9.08. The van der Waals surface area contributed by atoms with Crippen molar-refractivity contribution in [1.82, 2.24) is 15.3 Å². The third-order valence-corrected chi connectivity index (χ3v) is 4.23. The SMILES string of the molecule is Cc1nc(CCNC(=O)c2ccc[nH]c2=S)sc1C. The van der Waals surface area contributed by atoms with Gasteiger partial charge in [-0.3, -0.25) is 4.79 Å². The summed E-state index contributed by atoms with van der Waals surface area (Å²) >= 11 is 6.74. The summed E-state index contributed by atoms with van der Waals surface area (Å²) in [4.78, 5) is 20.4. The van der Waals surface area contributed by atoms with Crippen LogP contribution in [0.3, 0.4) is 0 Å². The monoisotopic (exact) mass is 293 g/mol. The standard InChI is InChI=1S/C13H15N3OS2/c1-8-9(2)19-11(16-8)5-7-14-12(17)10-4-3-6-15-13(10)18/h3-4,6H,5,7H2,1-2H3,(H,14,17)(H,15,18). The highest BCUT2D eigenvalue weighted by Crippen LogP contribution is 2.16. The van der Waals surface area contributed by atoms with Crippen molar-refractivity contribution < 1.29 is 4.79 Å². The first kappa shape index (κ1) is 13.9. The van der Waals surface area contributed by atoms with Crippen molar-refractivity contribution in [2.75, 3.05) is 6.54 Å². The molecule has 2 heterocycles. The molecule has 0 atom stereocenters. The summed E-state index contributed by atoms with van der Waals surface area (Å²) in [6, 6.07) is 3.48. The van der Waals surface area contributed by atoms with Gasteiger partial charge in [0.05, 0.1) is 16.3 Å². The molecule has 0 aromatic carbocycles. The summed E-state index contributed by atoms with van der Waals surface area (Å²) in [6.07, 6.45) is 2.45. The molecule has 0 unspecified atom stereocenters. The number of aromatic nitrogens is 2. The highest BCUT2D eigenvalue weighted by Gasteiger charge is 2.08. The van der Waals surface area contributed by atoms with Crippen LogP contribution in [0.15, 0.2) is 18.3 Å². The van der Waals surface area contributed by atoms with Gasteiger partial charge in [-0.15, -0.1) is 11.3 Å². The van der Waals surface area contributed by atoms with Gasteiger partial charge in [-0.05, 0) is 26.0 Å². The second-order valence-electron chi connectivity index (χ2n) is 4.17. The minimum atomic E-state index is -0.146. The Balaban J connectivity index is 1.91. The van der Waals surface area contributed by atoms with Crippen molar-refractivity contribution >= 4 is 29.5 Å². The number of nitrogens with one attached hydrogen (secondary N) is 2. The number of thiazole rings is 1. The number of aryl methyl sites for hydroxylation is 2. The van der Waals surface area contributed by atoms with E-state index < -0.39 is 0 Å². The van der Waals surface area contributed by atoms with E-state index >= 15 is 0 Å². The molecule has 2 rings (SSSR count). The van der Waals surface area contributed by atoms with E-state index in [4.69, 9.17) is 12.2 Å². The van der Waals surface area contributed by atoms with E-state index in [1.165, 1.54) is 4.88 Å². The topological polar surface area (TPSA) is 57.8 Å². The molecule has 0 aliphatic heterocycles. The summed E-state index contributed by atoms with van der Waals surface area (Å²) in [5.41, 5.74) is 1.57. The molecule has 0 bridgehead atoms. The van der Waals surface area contributed by atoms with Crippen LogP contribution in [0.1, 0.15) is 25.9 Å². The first-order valence-corrected chi connectivity index (χ1v) is 7.19.